The van der Waals surface area contributed by atoms with Crippen molar-refractivity contribution in [2.75, 3.05) is 6.61 Å². The molecule has 8 nitrogen and oxygen atoms in total. The number of benzene rings is 1. The Kier molecular flexibility index (Phi) is 4.79. The lowest BCUT2D eigenvalue weighted by Gasteiger charge is -2.12. The lowest BCUT2D eigenvalue weighted by molar-refractivity contribution is -0.384. The Balaban J connectivity index is 3.04. The minimum absolute atomic E-state index is 0.240. The zero-order chi connectivity index (χ0) is 14.6. The first-order valence-corrected chi connectivity index (χ1v) is 5.33. The third-order valence-electron chi connectivity index (χ3n) is 2.21. The van der Waals surface area contributed by atoms with E-state index in [1.165, 1.54) is 12.1 Å². The van der Waals surface area contributed by atoms with Gasteiger partial charge in [-0.2, -0.15) is 0 Å². The molecule has 1 amide bonds. The fraction of sp³-hybridized carbons (Fsp3) is 0.200. The summed E-state index contributed by atoms with van der Waals surface area (Å²) in [5.41, 5.74) is -0.708. The van der Waals surface area contributed by atoms with Crippen molar-refractivity contribution in [2.45, 2.75) is 6.04 Å². The number of nitro benzene ring substituents is 1. The van der Waals surface area contributed by atoms with Gasteiger partial charge in [0, 0.05) is 6.07 Å². The number of nitro groups is 1. The van der Waals surface area contributed by atoms with Gasteiger partial charge in [0.1, 0.15) is 5.02 Å². The molecule has 0 radical (unpaired) electrons. The summed E-state index contributed by atoms with van der Waals surface area (Å²) < 4.78 is 0. The maximum absolute atomic E-state index is 11.7. The van der Waals surface area contributed by atoms with Crippen molar-refractivity contribution in [2.24, 2.45) is 0 Å². The first-order chi connectivity index (χ1) is 8.88. The normalized spacial score (nSPS) is 11.7. The first-order valence-electron chi connectivity index (χ1n) is 4.96. The highest BCUT2D eigenvalue weighted by molar-refractivity contribution is 6.35. The predicted octanol–water partition coefficient (Wildman–Crippen LogP) is 0.424. The van der Waals surface area contributed by atoms with Gasteiger partial charge in [-0.1, -0.05) is 17.7 Å². The number of carbonyl (C=O) groups is 2. The number of aliphatic carboxylic acids is 1. The second kappa shape index (κ2) is 6.12. The summed E-state index contributed by atoms with van der Waals surface area (Å²) in [7, 11) is 0. The van der Waals surface area contributed by atoms with E-state index in [1.807, 2.05) is 5.32 Å². The first kappa shape index (κ1) is 14.9. The van der Waals surface area contributed by atoms with E-state index in [9.17, 15) is 19.7 Å². The molecule has 9 heteroatoms. The number of hydrogen-bond acceptors (Lipinski definition) is 5. The molecule has 0 aliphatic rings. The van der Waals surface area contributed by atoms with Crippen LogP contribution in [0.1, 0.15) is 10.4 Å². The standard InChI is InChI=1S/C10H9ClN2O6/c11-8-5(2-1-3-7(8)13(18)19)9(15)12-6(4-14)10(16)17/h1-3,6,14H,4H2,(H,12,15)(H,16,17)/t6-/m1/s1. The summed E-state index contributed by atoms with van der Waals surface area (Å²) in [5.74, 6) is -2.35. The van der Waals surface area contributed by atoms with Crippen LogP contribution in [0.25, 0.3) is 0 Å². The number of carbonyl (C=O) groups excluding carboxylic acids is 1. The van der Waals surface area contributed by atoms with Crippen LogP contribution in [0, 0.1) is 10.1 Å². The number of rotatable bonds is 5. The van der Waals surface area contributed by atoms with Gasteiger partial charge in [-0.25, -0.2) is 4.79 Å². The highest BCUT2D eigenvalue weighted by Crippen LogP contribution is 2.27. The minimum atomic E-state index is -1.51. The van der Waals surface area contributed by atoms with Gasteiger partial charge in [-0.15, -0.1) is 0 Å². The van der Waals surface area contributed by atoms with E-state index in [0.717, 1.165) is 6.07 Å². The van der Waals surface area contributed by atoms with Crippen LogP contribution in [0.5, 0.6) is 0 Å². The van der Waals surface area contributed by atoms with E-state index >= 15 is 0 Å². The average molecular weight is 289 g/mol. The zero-order valence-electron chi connectivity index (χ0n) is 9.37. The van der Waals surface area contributed by atoms with Gasteiger partial charge in [-0.05, 0) is 6.07 Å². The second-order valence-corrected chi connectivity index (χ2v) is 3.82. The van der Waals surface area contributed by atoms with E-state index in [4.69, 9.17) is 21.8 Å². The molecule has 0 aromatic heterocycles. The molecule has 0 unspecified atom stereocenters. The summed E-state index contributed by atoms with van der Waals surface area (Å²) in [5, 5.41) is 29.7. The minimum Gasteiger partial charge on any atom is -0.480 e. The van der Waals surface area contributed by atoms with Gasteiger partial charge in [-0.3, -0.25) is 14.9 Å². The summed E-state index contributed by atoms with van der Waals surface area (Å²) in [4.78, 5) is 32.2. The van der Waals surface area contributed by atoms with E-state index < -0.39 is 40.2 Å². The van der Waals surface area contributed by atoms with Crippen LogP contribution < -0.4 is 5.32 Å². The van der Waals surface area contributed by atoms with Crippen LogP contribution >= 0.6 is 11.6 Å². The molecule has 1 aromatic rings. The Morgan fingerprint density at radius 1 is 1.47 bits per heavy atom. The molecule has 0 aliphatic carbocycles. The summed E-state index contributed by atoms with van der Waals surface area (Å²) in [6.45, 7) is -0.812. The molecular formula is C10H9ClN2O6. The molecule has 1 rings (SSSR count). The number of halogens is 1. The number of aliphatic hydroxyl groups excluding tert-OH is 1. The van der Waals surface area contributed by atoms with Crippen LogP contribution in [0.3, 0.4) is 0 Å². The maximum atomic E-state index is 11.7. The number of amides is 1. The molecular weight excluding hydrogens is 280 g/mol. The van der Waals surface area contributed by atoms with Crippen molar-refractivity contribution < 1.29 is 24.7 Å². The zero-order valence-corrected chi connectivity index (χ0v) is 10.1. The quantitative estimate of drug-likeness (QED) is 0.532. The van der Waals surface area contributed by atoms with Crippen molar-refractivity contribution in [1.29, 1.82) is 0 Å². The Hall–Kier alpha value is -2.19. The van der Waals surface area contributed by atoms with Gasteiger partial charge in [0.25, 0.3) is 11.6 Å². The largest absolute Gasteiger partial charge is 0.480 e. The third kappa shape index (κ3) is 3.39. The van der Waals surface area contributed by atoms with Crippen molar-refractivity contribution >= 4 is 29.2 Å². The van der Waals surface area contributed by atoms with Gasteiger partial charge < -0.3 is 15.5 Å². The Bertz CT molecular complexity index is 533. The van der Waals surface area contributed by atoms with Gasteiger partial charge >= 0.3 is 5.97 Å². The average Bonchev–Trinajstić information content (AvgIpc) is 2.35. The number of carboxylic acids is 1. The molecule has 0 saturated carbocycles. The van der Waals surface area contributed by atoms with Crippen LogP contribution in [0.15, 0.2) is 18.2 Å². The highest BCUT2D eigenvalue weighted by atomic mass is 35.5. The number of carboxylic acid groups (broad SMARTS) is 1. The summed E-state index contributed by atoms with van der Waals surface area (Å²) in [6.07, 6.45) is 0. The molecule has 19 heavy (non-hydrogen) atoms. The Morgan fingerprint density at radius 2 is 2.11 bits per heavy atom. The van der Waals surface area contributed by atoms with Crippen LogP contribution in [0.2, 0.25) is 5.02 Å². The molecule has 0 saturated heterocycles. The van der Waals surface area contributed by atoms with Crippen LogP contribution in [0.4, 0.5) is 5.69 Å². The maximum Gasteiger partial charge on any atom is 0.328 e. The molecule has 1 atom stereocenters. The van der Waals surface area contributed by atoms with E-state index in [2.05, 4.69) is 0 Å². The van der Waals surface area contributed by atoms with Crippen molar-refractivity contribution in [3.8, 4) is 0 Å². The number of aliphatic hydroxyl groups is 1. The van der Waals surface area contributed by atoms with Crippen molar-refractivity contribution in [3.05, 3.63) is 38.9 Å². The number of nitrogens with one attached hydrogen (secondary N) is 1. The molecule has 102 valence electrons. The van der Waals surface area contributed by atoms with Crippen molar-refractivity contribution in [1.82, 2.24) is 5.32 Å². The summed E-state index contributed by atoms with van der Waals surface area (Å²) in [6, 6.07) is 2.05. The smallest absolute Gasteiger partial charge is 0.328 e. The number of hydrogen-bond donors (Lipinski definition) is 3. The van der Waals surface area contributed by atoms with Crippen LogP contribution in [-0.4, -0.2) is 39.7 Å². The lowest BCUT2D eigenvalue weighted by Crippen LogP contribution is -2.43. The van der Waals surface area contributed by atoms with Crippen molar-refractivity contribution in [3.63, 3.8) is 0 Å². The van der Waals surface area contributed by atoms with Crippen LogP contribution in [-0.2, 0) is 4.79 Å². The van der Waals surface area contributed by atoms with Gasteiger partial charge in [0.2, 0.25) is 0 Å². The fourth-order valence-corrected chi connectivity index (χ4v) is 1.54. The molecule has 3 N–H and O–H groups in total. The monoisotopic (exact) mass is 288 g/mol. The molecule has 0 heterocycles. The molecule has 0 aliphatic heterocycles. The summed E-state index contributed by atoms with van der Waals surface area (Å²) >= 11 is 5.69. The fourth-order valence-electron chi connectivity index (χ4n) is 1.26. The second-order valence-electron chi connectivity index (χ2n) is 3.44. The Morgan fingerprint density at radius 3 is 2.58 bits per heavy atom. The predicted molar refractivity (Wildman–Crippen MR) is 64.1 cm³/mol. The number of nitrogens with zero attached hydrogens (tertiary/aromatic N) is 1. The van der Waals surface area contributed by atoms with E-state index in [1.54, 1.807) is 0 Å². The van der Waals surface area contributed by atoms with Gasteiger partial charge in [0.05, 0.1) is 17.1 Å². The third-order valence-corrected chi connectivity index (χ3v) is 2.60. The molecule has 1 aromatic carbocycles. The van der Waals surface area contributed by atoms with E-state index in [0.29, 0.717) is 0 Å². The molecule has 0 bridgehead atoms. The SMILES string of the molecule is O=C(N[C@H](CO)C(=O)O)c1cccc([N+](=O)[O-])c1Cl. The topological polar surface area (TPSA) is 130 Å². The van der Waals surface area contributed by atoms with Gasteiger partial charge in [0.15, 0.2) is 6.04 Å². The Labute approximate surface area is 111 Å². The molecule has 0 spiro atoms. The van der Waals surface area contributed by atoms with E-state index in [-0.39, 0.29) is 5.56 Å². The lowest BCUT2D eigenvalue weighted by atomic mass is 10.1. The highest BCUT2D eigenvalue weighted by Gasteiger charge is 2.24. The molecule has 0 fully saturated rings.